The first-order chi connectivity index (χ1) is 26.0. The summed E-state index contributed by atoms with van der Waals surface area (Å²) in [6.45, 7) is 4.68. The molecule has 2 nitrogen and oxygen atoms in total. The number of benzene rings is 8. The van der Waals surface area contributed by atoms with Crippen molar-refractivity contribution in [3.05, 3.63) is 217 Å². The number of rotatable bonds is 7. The molecule has 0 radical (unpaired) electrons. The number of para-hydroxylation sites is 2. The van der Waals surface area contributed by atoms with Crippen LogP contribution in [-0.4, -0.2) is 0 Å². The fourth-order valence-electron chi connectivity index (χ4n) is 7.87. The van der Waals surface area contributed by atoms with Crippen molar-refractivity contribution in [2.45, 2.75) is 19.3 Å². The first-order valence-corrected chi connectivity index (χ1v) is 18.4. The maximum atomic E-state index is 2.42. The number of nitrogens with zero attached hydrogens (tertiary/aromatic N) is 2. The van der Waals surface area contributed by atoms with E-state index in [0.29, 0.717) is 0 Å². The molecule has 0 amide bonds. The summed E-state index contributed by atoms with van der Waals surface area (Å²) >= 11 is 0. The van der Waals surface area contributed by atoms with Gasteiger partial charge in [-0.1, -0.05) is 159 Å². The van der Waals surface area contributed by atoms with E-state index < -0.39 is 0 Å². The Labute approximate surface area is 312 Å². The Bertz CT molecular complexity index is 2400. The summed E-state index contributed by atoms with van der Waals surface area (Å²) in [5.41, 5.74) is 16.7. The molecule has 0 atom stereocenters. The molecule has 8 aromatic carbocycles. The Morgan fingerprint density at radius 2 is 0.717 bits per heavy atom. The van der Waals surface area contributed by atoms with Gasteiger partial charge in [0.1, 0.15) is 0 Å². The van der Waals surface area contributed by atoms with Crippen molar-refractivity contribution in [2.24, 2.45) is 0 Å². The molecule has 2 heteroatoms. The molecule has 0 saturated heterocycles. The van der Waals surface area contributed by atoms with Crippen molar-refractivity contribution in [1.82, 2.24) is 0 Å². The Kier molecular flexibility index (Phi) is 8.21. The molecule has 9 rings (SSSR count). The number of fused-ring (bicyclic) bond motifs is 2. The van der Waals surface area contributed by atoms with Gasteiger partial charge in [-0.15, -0.1) is 0 Å². The molecule has 0 saturated carbocycles. The lowest BCUT2D eigenvalue weighted by molar-refractivity contribution is 0.632. The monoisotopic (exact) mass is 680 g/mol. The summed E-state index contributed by atoms with van der Waals surface area (Å²) in [5, 5.41) is 0. The molecule has 1 aliphatic rings. The van der Waals surface area contributed by atoms with Gasteiger partial charge in [-0.2, -0.15) is 0 Å². The van der Waals surface area contributed by atoms with Gasteiger partial charge in [-0.3, -0.25) is 0 Å². The topological polar surface area (TPSA) is 6.48 Å². The molecule has 1 heterocycles. The standard InChI is InChI=1S/C51H40N2/c1-51(2)47-20-12-13-21-49(47)53(43-18-10-5-11-19-43)50-36-42(28-35-48(50)51)41-26-33-46(34-27-41)52(44-29-22-39(23-30-44)37-14-6-3-7-15-37)45-31-24-40(25-32-45)38-16-8-4-9-17-38/h3-36H,1-2H3. The summed E-state index contributed by atoms with van der Waals surface area (Å²) in [4.78, 5) is 4.77. The molecule has 8 aromatic rings. The van der Waals surface area contributed by atoms with E-state index in [1.54, 1.807) is 0 Å². The Morgan fingerprint density at radius 3 is 1.23 bits per heavy atom. The highest BCUT2D eigenvalue weighted by molar-refractivity contribution is 5.89. The SMILES string of the molecule is CC1(C)c2ccccc2N(c2ccccc2)c2cc(-c3ccc(N(c4ccc(-c5ccccc5)cc4)c4ccc(-c5ccccc5)cc4)cc3)ccc21. The van der Waals surface area contributed by atoms with Gasteiger partial charge in [-0.05, 0) is 105 Å². The predicted molar refractivity (Wildman–Crippen MR) is 224 cm³/mol. The van der Waals surface area contributed by atoms with E-state index in [2.05, 4.69) is 230 Å². The van der Waals surface area contributed by atoms with Crippen LogP contribution in [0.4, 0.5) is 34.1 Å². The largest absolute Gasteiger partial charge is 0.311 e. The van der Waals surface area contributed by atoms with Crippen LogP contribution in [0, 0.1) is 0 Å². The zero-order valence-corrected chi connectivity index (χ0v) is 30.0. The van der Waals surface area contributed by atoms with Crippen molar-refractivity contribution in [2.75, 3.05) is 9.80 Å². The van der Waals surface area contributed by atoms with E-state index in [9.17, 15) is 0 Å². The zero-order valence-electron chi connectivity index (χ0n) is 30.0. The fraction of sp³-hybridized carbons (Fsp3) is 0.0588. The zero-order chi connectivity index (χ0) is 35.8. The number of anilines is 6. The fourth-order valence-corrected chi connectivity index (χ4v) is 7.87. The Hall–Kier alpha value is -6.64. The molecule has 53 heavy (non-hydrogen) atoms. The molecule has 0 aromatic heterocycles. The van der Waals surface area contributed by atoms with Gasteiger partial charge in [0.15, 0.2) is 0 Å². The molecule has 0 aliphatic carbocycles. The summed E-state index contributed by atoms with van der Waals surface area (Å²) in [5.74, 6) is 0. The molecule has 0 fully saturated rings. The van der Waals surface area contributed by atoms with Gasteiger partial charge in [0.25, 0.3) is 0 Å². The third kappa shape index (κ3) is 5.99. The van der Waals surface area contributed by atoms with Crippen molar-refractivity contribution in [3.8, 4) is 33.4 Å². The van der Waals surface area contributed by atoms with E-state index in [1.165, 1.54) is 55.9 Å². The summed E-state index contributed by atoms with van der Waals surface area (Å²) in [7, 11) is 0. The minimum atomic E-state index is -0.133. The maximum absolute atomic E-state index is 2.42. The van der Waals surface area contributed by atoms with E-state index in [-0.39, 0.29) is 5.41 Å². The summed E-state index contributed by atoms with van der Waals surface area (Å²) in [6, 6.07) is 74.5. The molecule has 1 aliphatic heterocycles. The first-order valence-electron chi connectivity index (χ1n) is 18.4. The third-order valence-electron chi connectivity index (χ3n) is 10.7. The predicted octanol–water partition coefficient (Wildman–Crippen LogP) is 14.3. The molecule has 0 spiro atoms. The van der Waals surface area contributed by atoms with Crippen molar-refractivity contribution in [3.63, 3.8) is 0 Å². The molecular formula is C51H40N2. The Balaban J connectivity index is 1.10. The summed E-state index contributed by atoms with van der Waals surface area (Å²) < 4.78 is 0. The Morgan fingerprint density at radius 1 is 0.340 bits per heavy atom. The minimum Gasteiger partial charge on any atom is -0.311 e. The van der Waals surface area contributed by atoms with Crippen LogP contribution in [0.3, 0.4) is 0 Å². The van der Waals surface area contributed by atoms with Crippen molar-refractivity contribution in [1.29, 1.82) is 0 Å². The molecule has 254 valence electrons. The average Bonchev–Trinajstić information content (AvgIpc) is 3.23. The highest BCUT2D eigenvalue weighted by Gasteiger charge is 2.36. The second-order valence-electron chi connectivity index (χ2n) is 14.3. The number of hydrogen-bond donors (Lipinski definition) is 0. The van der Waals surface area contributed by atoms with Gasteiger partial charge >= 0.3 is 0 Å². The van der Waals surface area contributed by atoms with Crippen LogP contribution in [-0.2, 0) is 5.41 Å². The molecule has 0 N–H and O–H groups in total. The third-order valence-corrected chi connectivity index (χ3v) is 10.7. The highest BCUT2D eigenvalue weighted by atomic mass is 15.2. The van der Waals surface area contributed by atoms with Crippen LogP contribution in [0.2, 0.25) is 0 Å². The molecular weight excluding hydrogens is 641 g/mol. The number of hydrogen-bond acceptors (Lipinski definition) is 2. The van der Waals surface area contributed by atoms with Crippen LogP contribution in [0.25, 0.3) is 33.4 Å². The molecule has 0 unspecified atom stereocenters. The van der Waals surface area contributed by atoms with Gasteiger partial charge in [0, 0.05) is 28.2 Å². The lowest BCUT2D eigenvalue weighted by atomic mass is 9.73. The van der Waals surface area contributed by atoms with Crippen molar-refractivity contribution >= 4 is 34.1 Å². The lowest BCUT2D eigenvalue weighted by Gasteiger charge is -2.42. The molecule has 0 bridgehead atoms. The quantitative estimate of drug-likeness (QED) is 0.165. The van der Waals surface area contributed by atoms with Gasteiger partial charge in [-0.25, -0.2) is 0 Å². The maximum Gasteiger partial charge on any atom is 0.0508 e. The van der Waals surface area contributed by atoms with Crippen LogP contribution < -0.4 is 9.80 Å². The van der Waals surface area contributed by atoms with E-state index >= 15 is 0 Å². The second kappa shape index (κ2) is 13.5. The van der Waals surface area contributed by atoms with Crippen LogP contribution in [0.1, 0.15) is 25.0 Å². The van der Waals surface area contributed by atoms with Gasteiger partial charge in [0.05, 0.1) is 11.4 Å². The van der Waals surface area contributed by atoms with E-state index in [4.69, 9.17) is 0 Å². The smallest absolute Gasteiger partial charge is 0.0508 e. The first kappa shape index (κ1) is 32.3. The average molecular weight is 681 g/mol. The van der Waals surface area contributed by atoms with Crippen LogP contribution in [0.15, 0.2) is 206 Å². The second-order valence-corrected chi connectivity index (χ2v) is 14.3. The lowest BCUT2D eigenvalue weighted by Crippen LogP contribution is -2.30. The van der Waals surface area contributed by atoms with Crippen LogP contribution in [0.5, 0.6) is 0 Å². The summed E-state index contributed by atoms with van der Waals surface area (Å²) in [6.07, 6.45) is 0. The van der Waals surface area contributed by atoms with E-state index in [1.807, 2.05) is 0 Å². The van der Waals surface area contributed by atoms with Gasteiger partial charge in [0.2, 0.25) is 0 Å². The van der Waals surface area contributed by atoms with Crippen LogP contribution >= 0.6 is 0 Å². The van der Waals surface area contributed by atoms with Gasteiger partial charge < -0.3 is 9.80 Å². The van der Waals surface area contributed by atoms with Crippen molar-refractivity contribution < 1.29 is 0 Å². The minimum absolute atomic E-state index is 0.133. The van der Waals surface area contributed by atoms with E-state index in [0.717, 1.165) is 22.7 Å². The normalized spacial score (nSPS) is 12.8. The highest BCUT2D eigenvalue weighted by Crippen LogP contribution is 2.52.